The van der Waals surface area contributed by atoms with Gasteiger partial charge < -0.3 is 15.1 Å². The van der Waals surface area contributed by atoms with Crippen molar-refractivity contribution < 1.29 is 4.79 Å². The number of amides is 1. The van der Waals surface area contributed by atoms with Crippen molar-refractivity contribution in [2.24, 2.45) is 4.99 Å². The Morgan fingerprint density at radius 3 is 2.48 bits per heavy atom. The molecule has 25 heavy (non-hydrogen) atoms. The molecule has 0 atom stereocenters. The SMILES string of the molecule is CCNC(=NCC(=O)N1CCCCC1)N(C)Cc1ccc(Cl)cc1.I. The van der Waals surface area contributed by atoms with Gasteiger partial charge in [0.05, 0.1) is 0 Å². The number of carbonyl (C=O) groups is 1. The second kappa shape index (κ2) is 11.6. The molecule has 1 amide bonds. The Balaban J connectivity index is 0.00000312. The van der Waals surface area contributed by atoms with Gasteiger partial charge in [0.25, 0.3) is 0 Å². The summed E-state index contributed by atoms with van der Waals surface area (Å²) < 4.78 is 0. The smallest absolute Gasteiger partial charge is 0.244 e. The lowest BCUT2D eigenvalue weighted by Crippen LogP contribution is -2.41. The van der Waals surface area contributed by atoms with Crippen LogP contribution in [0.15, 0.2) is 29.3 Å². The number of aliphatic imine (C=N–C) groups is 1. The van der Waals surface area contributed by atoms with Crippen LogP contribution in [0, 0.1) is 0 Å². The van der Waals surface area contributed by atoms with E-state index in [9.17, 15) is 4.79 Å². The molecule has 7 heteroatoms. The van der Waals surface area contributed by atoms with Crippen molar-refractivity contribution in [3.05, 3.63) is 34.9 Å². The van der Waals surface area contributed by atoms with Crippen LogP contribution in [-0.4, -0.2) is 54.9 Å². The van der Waals surface area contributed by atoms with Gasteiger partial charge in [-0.1, -0.05) is 23.7 Å². The first-order valence-electron chi connectivity index (χ1n) is 8.62. The number of nitrogens with one attached hydrogen (secondary N) is 1. The summed E-state index contributed by atoms with van der Waals surface area (Å²) in [6.07, 6.45) is 3.43. The summed E-state index contributed by atoms with van der Waals surface area (Å²) in [6.45, 7) is 5.44. The summed E-state index contributed by atoms with van der Waals surface area (Å²) in [5.74, 6) is 0.864. The van der Waals surface area contributed by atoms with Crippen molar-refractivity contribution in [1.82, 2.24) is 15.1 Å². The summed E-state index contributed by atoms with van der Waals surface area (Å²) in [6, 6.07) is 7.77. The monoisotopic (exact) mass is 478 g/mol. The van der Waals surface area contributed by atoms with Gasteiger partial charge in [0, 0.05) is 38.2 Å². The van der Waals surface area contributed by atoms with E-state index in [0.717, 1.165) is 49.0 Å². The van der Waals surface area contributed by atoms with Crippen LogP contribution in [-0.2, 0) is 11.3 Å². The Hall–Kier alpha value is -1.02. The molecule has 0 bridgehead atoms. The predicted molar refractivity (Wildman–Crippen MR) is 115 cm³/mol. The number of carbonyl (C=O) groups excluding carboxylic acids is 1. The largest absolute Gasteiger partial charge is 0.357 e. The maximum Gasteiger partial charge on any atom is 0.244 e. The zero-order chi connectivity index (χ0) is 17.4. The Labute approximate surface area is 172 Å². The van der Waals surface area contributed by atoms with Gasteiger partial charge >= 0.3 is 0 Å². The highest BCUT2D eigenvalue weighted by atomic mass is 127. The van der Waals surface area contributed by atoms with E-state index in [-0.39, 0.29) is 36.4 Å². The molecule has 1 N–H and O–H groups in total. The van der Waals surface area contributed by atoms with Crippen molar-refractivity contribution >= 4 is 47.4 Å². The number of nitrogens with zero attached hydrogens (tertiary/aromatic N) is 3. The van der Waals surface area contributed by atoms with Gasteiger partial charge in [0.2, 0.25) is 5.91 Å². The number of benzene rings is 1. The number of piperidine rings is 1. The number of rotatable bonds is 5. The molecule has 0 aliphatic carbocycles. The van der Waals surface area contributed by atoms with Crippen LogP contribution in [0.5, 0.6) is 0 Å². The third-order valence-electron chi connectivity index (χ3n) is 4.10. The molecule has 140 valence electrons. The van der Waals surface area contributed by atoms with E-state index < -0.39 is 0 Å². The quantitative estimate of drug-likeness (QED) is 0.401. The van der Waals surface area contributed by atoms with E-state index in [1.54, 1.807) is 0 Å². The standard InChI is InChI=1S/C18H27ClN4O.HI/c1-3-20-18(21-13-17(24)23-11-5-4-6-12-23)22(2)14-15-7-9-16(19)10-8-15;/h7-10H,3-6,11-14H2,1-2H3,(H,20,21);1H. The predicted octanol–water partition coefficient (Wildman–Crippen LogP) is 3.37. The van der Waals surface area contributed by atoms with Crippen LogP contribution in [0.1, 0.15) is 31.7 Å². The molecule has 1 aromatic rings. The van der Waals surface area contributed by atoms with Crippen molar-refractivity contribution in [2.45, 2.75) is 32.7 Å². The Morgan fingerprint density at radius 1 is 1.24 bits per heavy atom. The fourth-order valence-corrected chi connectivity index (χ4v) is 2.92. The molecular weight excluding hydrogens is 451 g/mol. The van der Waals surface area contributed by atoms with E-state index in [1.807, 2.05) is 48.0 Å². The minimum atomic E-state index is 0. The lowest BCUT2D eigenvalue weighted by atomic mass is 10.1. The Bertz CT molecular complexity index is 559. The van der Waals surface area contributed by atoms with Gasteiger partial charge in [0.15, 0.2) is 5.96 Å². The lowest BCUT2D eigenvalue weighted by Gasteiger charge is -2.27. The molecule has 2 rings (SSSR count). The second-order valence-electron chi connectivity index (χ2n) is 6.09. The molecular formula is C18H28ClIN4O. The molecule has 0 radical (unpaired) electrons. The molecule has 5 nitrogen and oxygen atoms in total. The van der Waals surface area contributed by atoms with E-state index >= 15 is 0 Å². The number of guanidine groups is 1. The fourth-order valence-electron chi connectivity index (χ4n) is 2.79. The molecule has 1 heterocycles. The van der Waals surface area contributed by atoms with Crippen molar-refractivity contribution in [2.75, 3.05) is 33.2 Å². The van der Waals surface area contributed by atoms with Gasteiger partial charge in [-0.15, -0.1) is 24.0 Å². The average molecular weight is 479 g/mol. The molecule has 1 aromatic carbocycles. The van der Waals surface area contributed by atoms with E-state index in [1.165, 1.54) is 6.42 Å². The number of likely N-dealkylation sites (tertiary alicyclic amines) is 1. The van der Waals surface area contributed by atoms with E-state index in [0.29, 0.717) is 6.54 Å². The molecule has 1 aliphatic heterocycles. The molecule has 0 saturated carbocycles. The summed E-state index contributed by atoms with van der Waals surface area (Å²) >= 11 is 5.93. The molecule has 1 fully saturated rings. The van der Waals surface area contributed by atoms with Crippen LogP contribution >= 0.6 is 35.6 Å². The third kappa shape index (κ3) is 7.40. The summed E-state index contributed by atoms with van der Waals surface area (Å²) in [5, 5.41) is 3.98. The molecule has 1 aliphatic rings. The number of halogens is 2. The van der Waals surface area contributed by atoms with E-state index in [2.05, 4.69) is 10.3 Å². The van der Waals surface area contributed by atoms with Crippen LogP contribution in [0.2, 0.25) is 5.02 Å². The van der Waals surface area contributed by atoms with E-state index in [4.69, 9.17) is 11.6 Å². The minimum Gasteiger partial charge on any atom is -0.357 e. The Morgan fingerprint density at radius 2 is 1.88 bits per heavy atom. The highest BCUT2D eigenvalue weighted by Crippen LogP contribution is 2.11. The van der Waals surface area contributed by atoms with Gasteiger partial charge in [-0.2, -0.15) is 0 Å². The molecule has 0 spiro atoms. The molecule has 0 unspecified atom stereocenters. The first-order chi connectivity index (χ1) is 11.6. The normalized spacial score (nSPS) is 14.7. The zero-order valence-corrected chi connectivity index (χ0v) is 18.1. The van der Waals surface area contributed by atoms with Gasteiger partial charge in [-0.25, -0.2) is 4.99 Å². The maximum atomic E-state index is 12.3. The maximum absolute atomic E-state index is 12.3. The number of hydrogen-bond donors (Lipinski definition) is 1. The fraction of sp³-hybridized carbons (Fsp3) is 0.556. The first-order valence-corrected chi connectivity index (χ1v) is 8.99. The zero-order valence-electron chi connectivity index (χ0n) is 15.0. The second-order valence-corrected chi connectivity index (χ2v) is 6.53. The van der Waals surface area contributed by atoms with Crippen molar-refractivity contribution in [3.63, 3.8) is 0 Å². The summed E-state index contributed by atoms with van der Waals surface area (Å²) in [7, 11) is 1.97. The highest BCUT2D eigenvalue weighted by Gasteiger charge is 2.16. The summed E-state index contributed by atoms with van der Waals surface area (Å²) in [4.78, 5) is 20.7. The average Bonchev–Trinajstić information content (AvgIpc) is 2.61. The van der Waals surface area contributed by atoms with Gasteiger partial charge in [0.1, 0.15) is 6.54 Å². The minimum absolute atomic E-state index is 0. The number of hydrogen-bond acceptors (Lipinski definition) is 2. The topological polar surface area (TPSA) is 47.9 Å². The summed E-state index contributed by atoms with van der Waals surface area (Å²) in [5.41, 5.74) is 1.15. The van der Waals surface area contributed by atoms with Gasteiger partial charge in [-0.3, -0.25) is 4.79 Å². The molecule has 1 saturated heterocycles. The third-order valence-corrected chi connectivity index (χ3v) is 4.35. The first kappa shape index (κ1) is 22.0. The van der Waals surface area contributed by atoms with Gasteiger partial charge in [-0.05, 0) is 43.9 Å². The van der Waals surface area contributed by atoms with Crippen LogP contribution < -0.4 is 5.32 Å². The van der Waals surface area contributed by atoms with Crippen LogP contribution in [0.3, 0.4) is 0 Å². The Kier molecular flexibility index (Phi) is 10.2. The molecule has 0 aromatic heterocycles. The lowest BCUT2D eigenvalue weighted by molar-refractivity contribution is -0.130. The van der Waals surface area contributed by atoms with Crippen molar-refractivity contribution in [1.29, 1.82) is 0 Å². The van der Waals surface area contributed by atoms with Crippen LogP contribution in [0.4, 0.5) is 0 Å². The van der Waals surface area contributed by atoms with Crippen LogP contribution in [0.25, 0.3) is 0 Å². The van der Waals surface area contributed by atoms with Crippen molar-refractivity contribution in [3.8, 4) is 0 Å². The highest BCUT2D eigenvalue weighted by molar-refractivity contribution is 14.0.